The lowest BCUT2D eigenvalue weighted by atomic mass is 9.88. The molecule has 0 spiro atoms. The number of halogens is 1. The monoisotopic (exact) mass is 399 g/mol. The third-order valence-electron chi connectivity index (χ3n) is 5.30. The zero-order valence-corrected chi connectivity index (χ0v) is 16.1. The van der Waals surface area contributed by atoms with Crippen molar-refractivity contribution in [2.75, 3.05) is 13.2 Å². The first kappa shape index (κ1) is 18.6. The summed E-state index contributed by atoms with van der Waals surface area (Å²) in [5.74, 6) is 0.811. The molecule has 146 valence electrons. The van der Waals surface area contributed by atoms with Crippen LogP contribution in [-0.2, 0) is 23.3 Å². The molecule has 0 aromatic heterocycles. The Balaban J connectivity index is 1.40. The van der Waals surface area contributed by atoms with Crippen molar-refractivity contribution in [3.05, 3.63) is 64.2 Å². The van der Waals surface area contributed by atoms with Gasteiger partial charge in [0.1, 0.15) is 5.75 Å². The second-order valence-corrected chi connectivity index (χ2v) is 7.62. The number of amides is 3. The molecule has 28 heavy (non-hydrogen) atoms. The van der Waals surface area contributed by atoms with Gasteiger partial charge in [-0.2, -0.15) is 0 Å². The highest BCUT2D eigenvalue weighted by Crippen LogP contribution is 2.33. The van der Waals surface area contributed by atoms with Gasteiger partial charge in [-0.3, -0.25) is 4.79 Å². The second kappa shape index (κ2) is 7.72. The molecule has 2 aliphatic heterocycles. The number of nitrogens with one attached hydrogen (secondary N) is 3. The number of carbonyl (C=O) groups is 2. The predicted octanol–water partition coefficient (Wildman–Crippen LogP) is 2.88. The number of urea groups is 1. The Kier molecular flexibility index (Phi) is 5.13. The van der Waals surface area contributed by atoms with E-state index in [2.05, 4.69) is 16.0 Å². The Bertz CT molecular complexity index is 903. The Morgan fingerprint density at radius 2 is 2.00 bits per heavy atom. The highest BCUT2D eigenvalue weighted by molar-refractivity contribution is 6.30. The number of carbonyl (C=O) groups excluding carboxylic acids is 2. The molecule has 0 radical (unpaired) electrons. The van der Waals surface area contributed by atoms with Crippen LogP contribution < -0.4 is 20.7 Å². The van der Waals surface area contributed by atoms with Crippen molar-refractivity contribution in [1.82, 2.24) is 16.0 Å². The van der Waals surface area contributed by atoms with E-state index in [1.165, 1.54) is 0 Å². The molecule has 1 unspecified atom stereocenters. The summed E-state index contributed by atoms with van der Waals surface area (Å²) in [4.78, 5) is 24.3. The number of rotatable bonds is 5. The van der Waals surface area contributed by atoms with Gasteiger partial charge in [0.2, 0.25) is 5.91 Å². The number of ether oxygens (including phenoxy) is 1. The minimum atomic E-state index is -0.573. The molecule has 2 aromatic carbocycles. The van der Waals surface area contributed by atoms with Crippen LogP contribution in [0.1, 0.15) is 29.5 Å². The molecule has 1 fully saturated rings. The van der Waals surface area contributed by atoms with Crippen molar-refractivity contribution in [3.8, 4) is 5.75 Å². The summed E-state index contributed by atoms with van der Waals surface area (Å²) in [6, 6.07) is 13.1. The Morgan fingerprint density at radius 3 is 2.75 bits per heavy atom. The molecule has 7 heteroatoms. The van der Waals surface area contributed by atoms with Crippen LogP contribution in [0.4, 0.5) is 4.79 Å². The van der Waals surface area contributed by atoms with E-state index in [4.69, 9.17) is 16.3 Å². The van der Waals surface area contributed by atoms with Gasteiger partial charge in [0.05, 0.1) is 12.1 Å². The Labute approximate surface area is 168 Å². The topological polar surface area (TPSA) is 79.5 Å². The first-order valence-corrected chi connectivity index (χ1v) is 9.76. The van der Waals surface area contributed by atoms with Crippen LogP contribution in [0.3, 0.4) is 0 Å². The van der Waals surface area contributed by atoms with E-state index in [1.54, 1.807) is 0 Å². The molecule has 0 aliphatic carbocycles. The van der Waals surface area contributed by atoms with Crippen molar-refractivity contribution in [3.63, 3.8) is 0 Å². The van der Waals surface area contributed by atoms with Crippen molar-refractivity contribution in [1.29, 1.82) is 0 Å². The van der Waals surface area contributed by atoms with Crippen LogP contribution in [0.15, 0.2) is 42.5 Å². The van der Waals surface area contributed by atoms with Gasteiger partial charge in [0.15, 0.2) is 0 Å². The van der Waals surface area contributed by atoms with E-state index in [0.29, 0.717) is 37.6 Å². The number of hydrogen-bond donors (Lipinski definition) is 3. The van der Waals surface area contributed by atoms with Gasteiger partial charge in [0, 0.05) is 36.5 Å². The smallest absolute Gasteiger partial charge is 0.315 e. The van der Waals surface area contributed by atoms with Crippen LogP contribution >= 0.6 is 11.6 Å². The lowest BCUT2D eigenvalue weighted by Crippen LogP contribution is -2.50. The number of benzene rings is 2. The standard InChI is InChI=1S/C21H22ClN3O3/c22-17-10-14-7-9-28-19(14)15(11-17)12-23-20(27)24-13-21(8-6-18(26)25-21)16-4-2-1-3-5-16/h1-5,10-11H,6-9,12-13H2,(H,25,26)(H2,23,24,27). The van der Waals surface area contributed by atoms with Crippen LogP contribution in [0.25, 0.3) is 0 Å². The summed E-state index contributed by atoms with van der Waals surface area (Å²) in [5, 5.41) is 9.43. The third kappa shape index (κ3) is 3.78. The van der Waals surface area contributed by atoms with E-state index in [9.17, 15) is 9.59 Å². The number of hydrogen-bond acceptors (Lipinski definition) is 3. The van der Waals surface area contributed by atoms with Gasteiger partial charge in [-0.05, 0) is 29.7 Å². The van der Waals surface area contributed by atoms with Gasteiger partial charge >= 0.3 is 6.03 Å². The van der Waals surface area contributed by atoms with Crippen molar-refractivity contribution < 1.29 is 14.3 Å². The number of fused-ring (bicyclic) bond motifs is 1. The fraction of sp³-hybridized carbons (Fsp3) is 0.333. The summed E-state index contributed by atoms with van der Waals surface area (Å²) in [5.41, 5.74) is 2.35. The third-order valence-corrected chi connectivity index (χ3v) is 5.52. The van der Waals surface area contributed by atoms with Gasteiger partial charge in [0.25, 0.3) is 0 Å². The first-order chi connectivity index (χ1) is 13.6. The van der Waals surface area contributed by atoms with E-state index in [0.717, 1.165) is 28.9 Å². The normalized spacial score (nSPS) is 20.2. The average Bonchev–Trinajstić information content (AvgIpc) is 3.32. The minimum absolute atomic E-state index is 0.00213. The maximum Gasteiger partial charge on any atom is 0.315 e. The van der Waals surface area contributed by atoms with Crippen molar-refractivity contribution in [2.45, 2.75) is 31.3 Å². The Morgan fingerprint density at radius 1 is 1.18 bits per heavy atom. The molecule has 1 saturated heterocycles. The molecular weight excluding hydrogens is 378 g/mol. The summed E-state index contributed by atoms with van der Waals surface area (Å²) >= 11 is 6.17. The zero-order valence-electron chi connectivity index (χ0n) is 15.4. The highest BCUT2D eigenvalue weighted by atomic mass is 35.5. The molecular formula is C21H22ClN3O3. The molecule has 2 aromatic rings. The highest BCUT2D eigenvalue weighted by Gasteiger charge is 2.39. The zero-order chi connectivity index (χ0) is 19.6. The van der Waals surface area contributed by atoms with Gasteiger partial charge < -0.3 is 20.7 Å². The lowest BCUT2D eigenvalue weighted by molar-refractivity contribution is -0.119. The van der Waals surface area contributed by atoms with Crippen LogP contribution in [0.5, 0.6) is 5.75 Å². The van der Waals surface area contributed by atoms with Gasteiger partial charge in [-0.25, -0.2) is 4.79 Å². The Hall–Kier alpha value is -2.73. The van der Waals surface area contributed by atoms with Crippen LogP contribution in [-0.4, -0.2) is 25.1 Å². The second-order valence-electron chi connectivity index (χ2n) is 7.18. The van der Waals surface area contributed by atoms with E-state index >= 15 is 0 Å². The van der Waals surface area contributed by atoms with Crippen LogP contribution in [0.2, 0.25) is 5.02 Å². The average molecular weight is 400 g/mol. The molecule has 2 heterocycles. The minimum Gasteiger partial charge on any atom is -0.493 e. The maximum atomic E-state index is 12.4. The van der Waals surface area contributed by atoms with Crippen molar-refractivity contribution in [2.24, 2.45) is 0 Å². The largest absolute Gasteiger partial charge is 0.493 e. The molecule has 3 N–H and O–H groups in total. The fourth-order valence-electron chi connectivity index (χ4n) is 3.87. The molecule has 4 rings (SSSR count). The predicted molar refractivity (Wildman–Crippen MR) is 106 cm³/mol. The first-order valence-electron chi connectivity index (χ1n) is 9.38. The fourth-order valence-corrected chi connectivity index (χ4v) is 4.14. The molecule has 0 saturated carbocycles. The quantitative estimate of drug-likeness (QED) is 0.723. The van der Waals surface area contributed by atoms with Crippen molar-refractivity contribution >= 4 is 23.5 Å². The summed E-state index contributed by atoms with van der Waals surface area (Å²) in [7, 11) is 0. The molecule has 3 amide bonds. The van der Waals surface area contributed by atoms with E-state index in [-0.39, 0.29) is 11.9 Å². The van der Waals surface area contributed by atoms with Gasteiger partial charge in [-0.1, -0.05) is 41.9 Å². The lowest BCUT2D eigenvalue weighted by Gasteiger charge is -2.30. The molecule has 6 nitrogen and oxygen atoms in total. The SMILES string of the molecule is O=C1CCC(CNC(=O)NCc2cc(Cl)cc3c2OCC3)(c2ccccc2)N1. The van der Waals surface area contributed by atoms with Crippen LogP contribution in [0, 0.1) is 0 Å². The molecule has 1 atom stereocenters. The maximum absolute atomic E-state index is 12.4. The van der Waals surface area contributed by atoms with E-state index in [1.807, 2.05) is 42.5 Å². The summed E-state index contributed by atoms with van der Waals surface area (Å²) < 4.78 is 5.67. The molecule has 0 bridgehead atoms. The van der Waals surface area contributed by atoms with Gasteiger partial charge in [-0.15, -0.1) is 0 Å². The summed E-state index contributed by atoms with van der Waals surface area (Å²) in [6.45, 7) is 1.27. The van der Waals surface area contributed by atoms with E-state index < -0.39 is 5.54 Å². The molecule has 2 aliphatic rings. The summed E-state index contributed by atoms with van der Waals surface area (Å²) in [6.07, 6.45) is 1.92.